The maximum absolute atomic E-state index is 12.7. The summed E-state index contributed by atoms with van der Waals surface area (Å²) in [6.45, 7) is 8.93. The fraction of sp³-hybridized carbons (Fsp3) is 0.338. The minimum absolute atomic E-state index is 0.0492. The Hall–Kier alpha value is -13.1. The van der Waals surface area contributed by atoms with Gasteiger partial charge in [-0.1, -0.05) is 70.2 Å². The van der Waals surface area contributed by atoms with E-state index in [1.54, 1.807) is 57.5 Å². The Balaban J connectivity index is 0.000000170. The number of carbonyl (C=O) groups excluding carboxylic acids is 4. The van der Waals surface area contributed by atoms with Crippen LogP contribution in [0, 0.1) is 0 Å². The van der Waals surface area contributed by atoms with Gasteiger partial charge in [-0.05, 0) is 101 Å². The first kappa shape index (κ1) is 82.0. The van der Waals surface area contributed by atoms with Gasteiger partial charge in [0.05, 0.1) is 49.2 Å². The molecule has 1 unspecified atom stereocenters. The number of ether oxygens (including phenoxy) is 2. The number of anilines is 2. The third kappa shape index (κ3) is 18.1. The van der Waals surface area contributed by atoms with Crippen molar-refractivity contribution in [3.63, 3.8) is 0 Å². The second-order valence-electron chi connectivity index (χ2n) is 26.8. The average molecular weight is 1540 g/mol. The van der Waals surface area contributed by atoms with Crippen molar-refractivity contribution in [1.29, 1.82) is 0 Å². The normalized spacial score (nSPS) is 11.7. The highest BCUT2D eigenvalue weighted by molar-refractivity contribution is 7.98. The van der Waals surface area contributed by atoms with Crippen LogP contribution in [0.1, 0.15) is 61.8 Å². The molecular formula is C74H89N21O15S. The van der Waals surface area contributed by atoms with Gasteiger partial charge in [-0.15, -0.1) is 0 Å². The summed E-state index contributed by atoms with van der Waals surface area (Å²) in [5.74, 6) is 4.51. The van der Waals surface area contributed by atoms with Gasteiger partial charge >= 0.3 is 22.8 Å². The Morgan fingerprint density at radius 1 is 0.459 bits per heavy atom. The summed E-state index contributed by atoms with van der Waals surface area (Å²) >= 11 is 0. The van der Waals surface area contributed by atoms with E-state index in [4.69, 9.17) is 14.6 Å². The first-order valence-electron chi connectivity index (χ1n) is 34.7. The molecule has 0 spiro atoms. The molecule has 0 saturated carbocycles. The van der Waals surface area contributed by atoms with Crippen molar-refractivity contribution >= 4 is 95.2 Å². The number of benzene rings is 4. The van der Waals surface area contributed by atoms with Gasteiger partial charge in [0.15, 0.2) is 56.2 Å². The van der Waals surface area contributed by atoms with Gasteiger partial charge < -0.3 is 48.6 Å². The number of imidazole rings is 4. The van der Waals surface area contributed by atoms with Gasteiger partial charge in [0.1, 0.15) is 26.2 Å². The smallest absolute Gasteiger partial charge is 0.332 e. The number of nitrogens with two attached hydrogens (primary N) is 1. The van der Waals surface area contributed by atoms with Crippen LogP contribution in [-0.4, -0.2) is 143 Å². The number of nitrogens with zero attached hydrogens (tertiary/aromatic N) is 17. The molecule has 0 aliphatic heterocycles. The summed E-state index contributed by atoms with van der Waals surface area (Å²) in [4.78, 5) is 166. The van der Waals surface area contributed by atoms with Crippen LogP contribution in [0.5, 0.6) is 11.5 Å². The summed E-state index contributed by atoms with van der Waals surface area (Å²) in [5.41, 5.74) is 3.83. The van der Waals surface area contributed by atoms with Crippen molar-refractivity contribution < 1.29 is 32.9 Å². The third-order valence-electron chi connectivity index (χ3n) is 18.5. The second kappa shape index (κ2) is 34.4. The van der Waals surface area contributed by atoms with Crippen molar-refractivity contribution in [3.05, 3.63) is 222 Å². The van der Waals surface area contributed by atoms with E-state index < -0.39 is 54.7 Å². The van der Waals surface area contributed by atoms with E-state index >= 15 is 0 Å². The highest BCUT2D eigenvalue weighted by Gasteiger charge is 2.22. The van der Waals surface area contributed by atoms with E-state index in [1.807, 2.05) is 66.7 Å². The van der Waals surface area contributed by atoms with Crippen LogP contribution < -0.4 is 80.5 Å². The number of methoxy groups -OCH3 is 2. The minimum Gasteiger partial charge on any atom is -0.493 e. The lowest BCUT2D eigenvalue weighted by atomic mass is 10.0. The molecule has 1 atom stereocenters. The van der Waals surface area contributed by atoms with E-state index in [1.165, 1.54) is 122 Å². The van der Waals surface area contributed by atoms with Gasteiger partial charge in [-0.25, -0.2) is 43.3 Å². The van der Waals surface area contributed by atoms with Gasteiger partial charge in [0.2, 0.25) is 23.6 Å². The number of aromatic nitrogens is 16. The van der Waals surface area contributed by atoms with Crippen LogP contribution in [0.4, 0.5) is 11.4 Å². The number of carbonyl (C=O) groups is 4. The zero-order chi connectivity index (χ0) is 81.4. The first-order valence-corrected chi connectivity index (χ1v) is 36.4. The van der Waals surface area contributed by atoms with E-state index in [0.29, 0.717) is 59.8 Å². The molecule has 4 amide bonds. The number of hydrogen-bond acceptors (Lipinski definition) is 19. The van der Waals surface area contributed by atoms with Crippen molar-refractivity contribution in [1.82, 2.24) is 85.4 Å². The quantitative estimate of drug-likeness (QED) is 0.0728. The molecule has 37 heteroatoms. The molecule has 4 aromatic carbocycles. The zero-order valence-electron chi connectivity index (χ0n) is 64.2. The summed E-state index contributed by atoms with van der Waals surface area (Å²) in [5, 5.41) is 13.9. The predicted octanol–water partition coefficient (Wildman–Crippen LogP) is 0.967. The van der Waals surface area contributed by atoms with E-state index in [2.05, 4.69) is 69.5 Å². The molecular weight excluding hydrogens is 1460 g/mol. The van der Waals surface area contributed by atoms with Gasteiger partial charge in [0.25, 0.3) is 22.2 Å². The Labute approximate surface area is 633 Å². The molecule has 12 aromatic rings. The molecule has 8 heterocycles. The third-order valence-corrected chi connectivity index (χ3v) is 19.6. The number of likely N-dealkylation sites (N-methyl/N-ethyl adjacent to an activating group) is 1. The molecule has 5 N–H and O–H groups in total. The average Bonchev–Trinajstić information content (AvgIpc) is 1.67. The van der Waals surface area contributed by atoms with E-state index in [9.17, 15) is 61.7 Å². The molecule has 0 radical (unpaired) electrons. The lowest BCUT2D eigenvalue weighted by Gasteiger charge is -2.18. The van der Waals surface area contributed by atoms with Crippen molar-refractivity contribution in [3.8, 4) is 11.5 Å². The molecule has 0 fully saturated rings. The van der Waals surface area contributed by atoms with Crippen LogP contribution in [0.2, 0.25) is 0 Å². The van der Waals surface area contributed by atoms with Gasteiger partial charge in [0, 0.05) is 92.8 Å². The Morgan fingerprint density at radius 2 is 0.793 bits per heavy atom. The monoisotopic (exact) mass is 1540 g/mol. The summed E-state index contributed by atoms with van der Waals surface area (Å²) in [6, 6.07) is 27.9. The molecule has 111 heavy (non-hydrogen) atoms. The Kier molecular flexibility index (Phi) is 25.5. The SMILES string of the molecule is C=S(N)(=O)c1ccc(CCNC(=O)Cn2cnc3c2c(=O)n(C)c(=O)n3C)cc1.CC(C)c1ccc(N(C)C(=O)Cn2cnc3c2c(=O)n(C)c(=O)n3C)cc1.CC(C)c1ccc(NC(=O)Cn2cnc3c2c(=O)n(C)c(=O)n3C)cc1.COc1ccc(CCNC(=O)Cn2cnc3c2c(=O)n(C)c(=O)n3C)cc1OC. The highest BCUT2D eigenvalue weighted by Crippen LogP contribution is 2.28. The van der Waals surface area contributed by atoms with Crippen molar-refractivity contribution in [2.75, 3.05) is 44.6 Å². The zero-order valence-corrected chi connectivity index (χ0v) is 65.0. The number of fused-ring (bicyclic) bond motifs is 4. The molecule has 0 saturated heterocycles. The maximum Gasteiger partial charge on any atom is 0.332 e. The van der Waals surface area contributed by atoms with Crippen LogP contribution in [-0.2, 0) is 124 Å². The molecule has 8 aromatic heterocycles. The van der Waals surface area contributed by atoms with E-state index in [0.717, 1.165) is 35.1 Å². The molecule has 0 aliphatic carbocycles. The van der Waals surface area contributed by atoms with Crippen LogP contribution >= 0.6 is 0 Å². The summed E-state index contributed by atoms with van der Waals surface area (Å²) in [6.07, 6.45) is 6.74. The standard InChI is InChI=1S/C19H23N5O5.C19H23N5O3.C18H22N6O4S.C18H21N5O3/c1-22-17-16(18(26)23(2)19(22)27)24(11-21-17)10-15(25)20-8-7-12-5-6-13(28-3)14(9-12)29-4;1-12(2)13-6-8-14(9-7-13)21(3)15(25)10-24-11-20-17-16(24)18(26)23(5)19(27)22(17)4;1-22-16-15(17(26)23(2)18(22)27)24(11-21-16)10-14(25)20-9-8-12-4-6-13(7-5-12)29(3,19)28;1-11(2)12-5-7-13(8-6-12)20-14(24)9-23-10-19-16-15(23)17(25)22(4)18(26)21(16)3/h5-6,9,11H,7-8,10H2,1-4H3,(H,20,25);6-9,11-12H,10H2,1-5H3;4-7,11H,3,8-10H2,1-2H3,(H2,19,28)(H,20,25);5-8,10-11H,9H2,1-4H3,(H,20,24). The molecule has 0 bridgehead atoms. The summed E-state index contributed by atoms with van der Waals surface area (Å²) < 4.78 is 37.1. The number of hydrogen-bond donors (Lipinski definition) is 4. The highest BCUT2D eigenvalue weighted by atomic mass is 32.2. The molecule has 0 aliphatic rings. The Bertz CT molecular complexity index is 6180. The largest absolute Gasteiger partial charge is 0.493 e. The van der Waals surface area contributed by atoms with Crippen LogP contribution in [0.15, 0.2) is 160 Å². The number of amides is 4. The molecule has 12 rings (SSSR count). The van der Waals surface area contributed by atoms with Gasteiger partial charge in [-0.2, -0.15) is 0 Å². The second-order valence-corrected chi connectivity index (χ2v) is 28.7. The first-order chi connectivity index (χ1) is 52.5. The van der Waals surface area contributed by atoms with Crippen LogP contribution in [0.3, 0.4) is 0 Å². The lowest BCUT2D eigenvalue weighted by Crippen LogP contribution is -2.38. The van der Waals surface area contributed by atoms with E-state index in [-0.39, 0.29) is 94.5 Å². The number of nitrogens with one attached hydrogen (secondary N) is 3. The fourth-order valence-corrected chi connectivity index (χ4v) is 12.5. The van der Waals surface area contributed by atoms with Gasteiger partial charge in [-0.3, -0.25) is 80.0 Å². The van der Waals surface area contributed by atoms with Crippen LogP contribution in [0.25, 0.3) is 44.7 Å². The maximum atomic E-state index is 12.7. The Morgan fingerprint density at radius 3 is 1.14 bits per heavy atom. The number of rotatable bonds is 21. The summed E-state index contributed by atoms with van der Waals surface area (Å²) in [7, 11) is 13.8. The number of aryl methyl sites for hydroxylation is 4. The van der Waals surface area contributed by atoms with Crippen molar-refractivity contribution in [2.24, 2.45) is 61.5 Å². The molecule has 36 nitrogen and oxygen atoms in total. The predicted molar refractivity (Wildman–Crippen MR) is 421 cm³/mol. The lowest BCUT2D eigenvalue weighted by molar-refractivity contribution is -0.122. The topological polar surface area (TPSA) is 416 Å². The van der Waals surface area contributed by atoms with Crippen molar-refractivity contribution in [2.45, 2.75) is 83.4 Å². The minimum atomic E-state index is -2.74. The fourth-order valence-electron chi connectivity index (χ4n) is 11.9. The molecule has 586 valence electrons.